The van der Waals surface area contributed by atoms with Crippen LogP contribution < -0.4 is 29.1 Å². The van der Waals surface area contributed by atoms with Crippen molar-refractivity contribution in [2.24, 2.45) is 4.99 Å². The van der Waals surface area contributed by atoms with Crippen LogP contribution in [0.5, 0.6) is 17.2 Å². The van der Waals surface area contributed by atoms with Crippen molar-refractivity contribution in [3.05, 3.63) is 83.0 Å². The molecule has 214 valence electrons. The normalized spacial score (nSPS) is 14.7. The maximum atomic E-state index is 14.0. The topological polar surface area (TPSA) is 122 Å². The van der Waals surface area contributed by atoms with Crippen molar-refractivity contribution in [1.29, 1.82) is 0 Å². The van der Waals surface area contributed by atoms with Crippen molar-refractivity contribution in [2.75, 3.05) is 13.2 Å². The minimum atomic E-state index is -0.909. The summed E-state index contributed by atoms with van der Waals surface area (Å²) in [5.41, 5.74) is 1.20. The predicted octanol–water partition coefficient (Wildman–Crippen LogP) is 3.81. The van der Waals surface area contributed by atoms with Gasteiger partial charge in [-0.3, -0.25) is 19.0 Å². The number of fused-ring (bicyclic) bond motifs is 1. The fraction of sp³-hybridized carbons (Fsp3) is 0.276. The van der Waals surface area contributed by atoms with Gasteiger partial charge in [-0.2, -0.15) is 0 Å². The highest BCUT2D eigenvalue weighted by molar-refractivity contribution is 9.10. The molecule has 0 radical (unpaired) electrons. The summed E-state index contributed by atoms with van der Waals surface area (Å²) in [4.78, 5) is 55.4. The van der Waals surface area contributed by atoms with E-state index in [9.17, 15) is 19.2 Å². The van der Waals surface area contributed by atoms with E-state index in [1.165, 1.54) is 18.4 Å². The van der Waals surface area contributed by atoms with E-state index < -0.39 is 29.5 Å². The molecule has 0 fully saturated rings. The summed E-state index contributed by atoms with van der Waals surface area (Å²) < 4.78 is 24.2. The van der Waals surface area contributed by atoms with E-state index in [0.717, 1.165) is 15.8 Å². The number of ether oxygens (including phenoxy) is 4. The first kappa shape index (κ1) is 29.9. The molecule has 1 aliphatic heterocycles. The molecule has 1 aliphatic rings. The van der Waals surface area contributed by atoms with E-state index in [4.69, 9.17) is 18.9 Å². The van der Waals surface area contributed by atoms with Gasteiger partial charge in [-0.15, -0.1) is 0 Å². The van der Waals surface area contributed by atoms with Gasteiger partial charge in [-0.25, -0.2) is 9.79 Å². The van der Waals surface area contributed by atoms with E-state index >= 15 is 0 Å². The molecule has 2 aromatic carbocycles. The molecule has 12 heteroatoms. The zero-order chi connectivity index (χ0) is 29.8. The lowest BCUT2D eigenvalue weighted by molar-refractivity contribution is -0.139. The number of nitrogens with zero attached hydrogens (tertiary/aromatic N) is 2. The smallest absolute Gasteiger partial charge is 0.338 e. The number of halogens is 1. The first-order chi connectivity index (χ1) is 19.5. The molecule has 0 saturated carbocycles. The highest BCUT2D eigenvalue weighted by atomic mass is 79.9. The highest BCUT2D eigenvalue weighted by Gasteiger charge is 2.34. The van der Waals surface area contributed by atoms with Crippen LogP contribution in [0.1, 0.15) is 51.8 Å². The lowest BCUT2D eigenvalue weighted by atomic mass is 9.95. The van der Waals surface area contributed by atoms with Crippen LogP contribution >= 0.6 is 27.3 Å². The van der Waals surface area contributed by atoms with E-state index in [1.807, 2.05) is 0 Å². The van der Waals surface area contributed by atoms with Gasteiger partial charge in [0.25, 0.3) is 5.56 Å². The fourth-order valence-corrected chi connectivity index (χ4v) is 5.75. The Morgan fingerprint density at radius 1 is 1.00 bits per heavy atom. The molecule has 0 bridgehead atoms. The van der Waals surface area contributed by atoms with Gasteiger partial charge in [-0.05, 0) is 62.7 Å². The minimum absolute atomic E-state index is 0.129. The van der Waals surface area contributed by atoms with Crippen LogP contribution in [0.3, 0.4) is 0 Å². The lowest BCUT2D eigenvalue weighted by Gasteiger charge is -2.25. The van der Waals surface area contributed by atoms with Gasteiger partial charge in [0.2, 0.25) is 0 Å². The van der Waals surface area contributed by atoms with E-state index in [1.54, 1.807) is 63.2 Å². The van der Waals surface area contributed by atoms with Gasteiger partial charge in [0.15, 0.2) is 16.3 Å². The number of hydrogen-bond donors (Lipinski definition) is 0. The van der Waals surface area contributed by atoms with Crippen LogP contribution in [0.2, 0.25) is 0 Å². The molecule has 41 heavy (non-hydrogen) atoms. The minimum Gasteiger partial charge on any atom is -0.490 e. The molecule has 1 aromatic heterocycles. The Balaban J connectivity index is 1.97. The maximum Gasteiger partial charge on any atom is 0.338 e. The maximum absolute atomic E-state index is 14.0. The largest absolute Gasteiger partial charge is 0.490 e. The summed E-state index contributed by atoms with van der Waals surface area (Å²) in [6, 6.07) is 9.02. The Morgan fingerprint density at radius 3 is 2.34 bits per heavy atom. The van der Waals surface area contributed by atoms with E-state index in [-0.39, 0.29) is 36.0 Å². The molecule has 0 spiro atoms. The predicted molar refractivity (Wildman–Crippen MR) is 155 cm³/mol. The van der Waals surface area contributed by atoms with E-state index in [2.05, 4.69) is 20.9 Å². The molecular weight excluding hydrogens is 616 g/mol. The number of thiazole rings is 1. The summed E-state index contributed by atoms with van der Waals surface area (Å²) in [7, 11) is 0. The number of benzene rings is 2. The Kier molecular flexibility index (Phi) is 9.24. The van der Waals surface area contributed by atoms with Crippen LogP contribution in [0.4, 0.5) is 0 Å². The van der Waals surface area contributed by atoms with Crippen molar-refractivity contribution < 1.29 is 33.3 Å². The molecule has 0 saturated heterocycles. The fourth-order valence-electron chi connectivity index (χ4n) is 4.33. The number of allylic oxidation sites excluding steroid dienone is 1. The van der Waals surface area contributed by atoms with Crippen molar-refractivity contribution in [3.8, 4) is 17.2 Å². The van der Waals surface area contributed by atoms with Crippen molar-refractivity contribution >= 4 is 51.3 Å². The number of carbonyl (C=O) groups is 3. The monoisotopic (exact) mass is 642 g/mol. The number of aromatic nitrogens is 1. The Morgan fingerprint density at radius 2 is 1.68 bits per heavy atom. The van der Waals surface area contributed by atoms with Gasteiger partial charge in [0, 0.05) is 23.9 Å². The first-order valence-corrected chi connectivity index (χ1v) is 14.3. The number of rotatable bonds is 8. The molecule has 0 N–H and O–H groups in total. The third kappa shape index (κ3) is 6.49. The van der Waals surface area contributed by atoms with Gasteiger partial charge in [0.1, 0.15) is 5.75 Å². The van der Waals surface area contributed by atoms with Crippen LogP contribution in [0.25, 0.3) is 6.08 Å². The SMILES string of the molecule is CCOC(=O)C1=C(C)N=c2s/c(=C/c3cc(Br)ccc3OC(C)=O)c(=O)n2[C@H]1c1ccc(OC(C)=O)c(OCC)c1. The molecular formula is C29H27BrN2O8S. The standard InChI is InChI=1S/C29H27BrN2O8S/c1-6-37-23-13-18(8-10-22(23)40-17(5)34)26-25(28(36)38-7-2)15(3)31-29-32(26)27(35)24(41-29)14-19-12-20(30)9-11-21(19)39-16(4)33/h8-14,26H,6-7H2,1-5H3/b24-14+/t26-/m0/s1. The molecule has 3 aromatic rings. The molecule has 1 atom stereocenters. The highest BCUT2D eigenvalue weighted by Crippen LogP contribution is 2.36. The van der Waals surface area contributed by atoms with Crippen LogP contribution in [0, 0.1) is 0 Å². The van der Waals surface area contributed by atoms with Crippen molar-refractivity contribution in [2.45, 2.75) is 40.7 Å². The van der Waals surface area contributed by atoms with Crippen molar-refractivity contribution in [1.82, 2.24) is 4.57 Å². The zero-order valence-corrected chi connectivity index (χ0v) is 25.4. The molecule has 0 amide bonds. The summed E-state index contributed by atoms with van der Waals surface area (Å²) in [6.45, 7) is 8.15. The third-order valence-corrected chi connectivity index (χ3v) is 7.34. The van der Waals surface area contributed by atoms with Crippen LogP contribution in [-0.2, 0) is 19.1 Å². The molecule has 10 nitrogen and oxygen atoms in total. The van der Waals surface area contributed by atoms with Crippen LogP contribution in [-0.4, -0.2) is 35.7 Å². The number of esters is 3. The summed E-state index contributed by atoms with van der Waals surface area (Å²) >= 11 is 4.55. The second-order valence-electron chi connectivity index (χ2n) is 8.81. The summed E-state index contributed by atoms with van der Waals surface area (Å²) in [5.74, 6) is -0.856. The lowest BCUT2D eigenvalue weighted by Crippen LogP contribution is -2.40. The summed E-state index contributed by atoms with van der Waals surface area (Å²) in [5, 5.41) is 0. The average molecular weight is 644 g/mol. The first-order valence-electron chi connectivity index (χ1n) is 12.7. The Hall–Kier alpha value is -4.03. The van der Waals surface area contributed by atoms with Crippen LogP contribution in [0.15, 0.2) is 61.9 Å². The summed E-state index contributed by atoms with van der Waals surface area (Å²) in [6.07, 6.45) is 1.61. The second-order valence-corrected chi connectivity index (χ2v) is 10.7. The second kappa shape index (κ2) is 12.6. The molecule has 2 heterocycles. The quantitative estimate of drug-likeness (QED) is 0.269. The van der Waals surface area contributed by atoms with Gasteiger partial charge < -0.3 is 18.9 Å². The third-order valence-electron chi connectivity index (χ3n) is 5.87. The average Bonchev–Trinajstić information content (AvgIpc) is 3.19. The Labute approximate surface area is 247 Å². The molecule has 0 aliphatic carbocycles. The van der Waals surface area contributed by atoms with Gasteiger partial charge in [-0.1, -0.05) is 33.3 Å². The van der Waals surface area contributed by atoms with E-state index in [0.29, 0.717) is 26.2 Å². The van der Waals surface area contributed by atoms with Gasteiger partial charge in [0.05, 0.1) is 35.1 Å². The zero-order valence-electron chi connectivity index (χ0n) is 23.0. The van der Waals surface area contributed by atoms with Gasteiger partial charge >= 0.3 is 17.9 Å². The van der Waals surface area contributed by atoms with Crippen molar-refractivity contribution in [3.63, 3.8) is 0 Å². The Bertz CT molecular complexity index is 1750. The molecule has 4 rings (SSSR count). The number of carbonyl (C=O) groups excluding carboxylic acids is 3. The molecule has 0 unspecified atom stereocenters. The number of hydrogen-bond acceptors (Lipinski definition) is 10.